The van der Waals surface area contributed by atoms with Crippen LogP contribution < -0.4 is 16.0 Å². The van der Waals surface area contributed by atoms with Crippen LogP contribution in [0, 0.1) is 5.82 Å². The summed E-state index contributed by atoms with van der Waals surface area (Å²) in [7, 11) is 1.54. The summed E-state index contributed by atoms with van der Waals surface area (Å²) in [5, 5.41) is 7.61. The monoisotopic (exact) mass is 287 g/mol. The number of amides is 3. The summed E-state index contributed by atoms with van der Waals surface area (Å²) in [5.41, 5.74) is 1.37. The third-order valence-electron chi connectivity index (χ3n) is 2.71. The minimum atomic E-state index is -0.492. The van der Waals surface area contributed by atoms with E-state index in [1.165, 1.54) is 18.2 Å². The molecule has 0 heterocycles. The van der Waals surface area contributed by atoms with Crippen LogP contribution in [0.25, 0.3) is 0 Å². The van der Waals surface area contributed by atoms with E-state index in [1.807, 2.05) is 0 Å². The van der Waals surface area contributed by atoms with Gasteiger partial charge in [-0.15, -0.1) is 0 Å². The first kappa shape index (κ1) is 14.5. The fourth-order valence-electron chi connectivity index (χ4n) is 1.71. The predicted octanol–water partition coefficient (Wildman–Crippen LogP) is 2.83. The topological polar surface area (TPSA) is 70.2 Å². The van der Waals surface area contributed by atoms with Crippen LogP contribution in [-0.2, 0) is 0 Å². The van der Waals surface area contributed by atoms with E-state index in [-0.39, 0.29) is 5.91 Å². The van der Waals surface area contributed by atoms with Gasteiger partial charge in [0.1, 0.15) is 5.82 Å². The second kappa shape index (κ2) is 6.51. The Labute approximate surface area is 121 Å². The first-order valence-electron chi connectivity index (χ1n) is 6.24. The van der Waals surface area contributed by atoms with Crippen LogP contribution in [0.5, 0.6) is 0 Å². The number of rotatable bonds is 3. The molecule has 0 saturated carbocycles. The van der Waals surface area contributed by atoms with E-state index in [0.29, 0.717) is 16.9 Å². The molecule has 0 bridgehead atoms. The van der Waals surface area contributed by atoms with Gasteiger partial charge in [-0.3, -0.25) is 4.79 Å². The molecule has 2 aromatic carbocycles. The number of hydrogen-bond acceptors (Lipinski definition) is 2. The maximum absolute atomic E-state index is 13.0. The lowest BCUT2D eigenvalue weighted by molar-refractivity contribution is 0.0963. The summed E-state index contributed by atoms with van der Waals surface area (Å²) in [6.07, 6.45) is 0. The molecule has 21 heavy (non-hydrogen) atoms. The summed E-state index contributed by atoms with van der Waals surface area (Å²) >= 11 is 0. The van der Waals surface area contributed by atoms with Crippen molar-refractivity contribution in [1.29, 1.82) is 0 Å². The van der Waals surface area contributed by atoms with Crippen molar-refractivity contribution in [2.24, 2.45) is 0 Å². The molecule has 0 radical (unpaired) electrons. The summed E-state index contributed by atoms with van der Waals surface area (Å²) in [5.74, 6) is -0.631. The number of hydrogen-bond donors (Lipinski definition) is 3. The summed E-state index contributed by atoms with van der Waals surface area (Å²) in [6.45, 7) is 0. The molecule has 0 saturated heterocycles. The highest BCUT2D eigenvalue weighted by molar-refractivity contribution is 6.00. The average molecular weight is 287 g/mol. The Kier molecular flexibility index (Phi) is 4.50. The molecule has 0 aliphatic carbocycles. The number of benzene rings is 2. The molecular formula is C15H14FN3O2. The number of nitrogens with one attached hydrogen (secondary N) is 3. The average Bonchev–Trinajstić information content (AvgIpc) is 2.47. The third-order valence-corrected chi connectivity index (χ3v) is 2.71. The molecule has 3 amide bonds. The van der Waals surface area contributed by atoms with E-state index in [0.717, 1.165) is 0 Å². The molecule has 0 unspecified atom stereocenters. The fraction of sp³-hybridized carbons (Fsp3) is 0.0667. The standard InChI is InChI=1S/C15H14FN3O2/c1-17-14(20)10-5-7-12(8-6-10)18-15(21)19-13-4-2-3-11(16)9-13/h2-9H,1H3,(H,17,20)(H2,18,19,21). The van der Waals surface area contributed by atoms with Crippen molar-refractivity contribution >= 4 is 23.3 Å². The van der Waals surface area contributed by atoms with Crippen molar-refractivity contribution in [1.82, 2.24) is 5.32 Å². The van der Waals surface area contributed by atoms with Crippen molar-refractivity contribution < 1.29 is 14.0 Å². The van der Waals surface area contributed by atoms with Gasteiger partial charge >= 0.3 is 6.03 Å². The number of anilines is 2. The second-order valence-corrected chi connectivity index (χ2v) is 4.25. The molecule has 3 N–H and O–H groups in total. The maximum atomic E-state index is 13.0. The van der Waals surface area contributed by atoms with Crippen LogP contribution in [0.4, 0.5) is 20.6 Å². The van der Waals surface area contributed by atoms with Gasteiger partial charge in [-0.1, -0.05) is 6.07 Å². The predicted molar refractivity (Wildman–Crippen MR) is 78.9 cm³/mol. The number of urea groups is 1. The zero-order chi connectivity index (χ0) is 15.2. The van der Waals surface area contributed by atoms with E-state index in [4.69, 9.17) is 0 Å². The number of halogens is 1. The van der Waals surface area contributed by atoms with Crippen LogP contribution >= 0.6 is 0 Å². The molecule has 6 heteroatoms. The summed E-state index contributed by atoms with van der Waals surface area (Å²) in [4.78, 5) is 23.1. The molecule has 0 aromatic heterocycles. The van der Waals surface area contributed by atoms with Gasteiger partial charge in [-0.05, 0) is 42.5 Å². The molecule has 0 fully saturated rings. The first-order valence-corrected chi connectivity index (χ1v) is 6.24. The van der Waals surface area contributed by atoms with Gasteiger partial charge in [0.2, 0.25) is 0 Å². The SMILES string of the molecule is CNC(=O)c1ccc(NC(=O)Nc2cccc(F)c2)cc1. The van der Waals surface area contributed by atoms with Gasteiger partial charge in [0, 0.05) is 24.0 Å². The highest BCUT2D eigenvalue weighted by Gasteiger charge is 2.05. The van der Waals surface area contributed by atoms with Crippen LogP contribution in [0.3, 0.4) is 0 Å². The van der Waals surface area contributed by atoms with Gasteiger partial charge in [0.25, 0.3) is 5.91 Å². The first-order chi connectivity index (χ1) is 10.1. The van der Waals surface area contributed by atoms with Crippen LogP contribution in [0.15, 0.2) is 48.5 Å². The largest absolute Gasteiger partial charge is 0.355 e. The zero-order valence-electron chi connectivity index (χ0n) is 11.3. The second-order valence-electron chi connectivity index (χ2n) is 4.25. The number of carbonyl (C=O) groups is 2. The molecule has 5 nitrogen and oxygen atoms in total. The smallest absolute Gasteiger partial charge is 0.323 e. The van der Waals surface area contributed by atoms with Crippen LogP contribution in [0.1, 0.15) is 10.4 Å². The normalized spacial score (nSPS) is 9.81. The lowest BCUT2D eigenvalue weighted by Gasteiger charge is -2.08. The molecule has 108 valence electrons. The highest BCUT2D eigenvalue weighted by atomic mass is 19.1. The van der Waals surface area contributed by atoms with Crippen molar-refractivity contribution in [3.05, 3.63) is 59.9 Å². The summed E-state index contributed by atoms with van der Waals surface area (Å²) in [6, 6.07) is 11.5. The lowest BCUT2D eigenvalue weighted by atomic mass is 10.2. The Morgan fingerprint density at radius 2 is 1.62 bits per heavy atom. The molecule has 0 atom stereocenters. The quantitative estimate of drug-likeness (QED) is 0.812. The molecule has 0 spiro atoms. The van der Waals surface area contributed by atoms with Gasteiger partial charge in [-0.25, -0.2) is 9.18 Å². The number of carbonyl (C=O) groups excluding carboxylic acids is 2. The molecule has 0 aliphatic rings. The van der Waals surface area contributed by atoms with E-state index in [2.05, 4.69) is 16.0 Å². The Morgan fingerprint density at radius 1 is 0.952 bits per heavy atom. The molecular weight excluding hydrogens is 273 g/mol. The fourth-order valence-corrected chi connectivity index (χ4v) is 1.71. The van der Waals surface area contributed by atoms with Crippen LogP contribution in [0.2, 0.25) is 0 Å². The van der Waals surface area contributed by atoms with Gasteiger partial charge in [0.15, 0.2) is 0 Å². The van der Waals surface area contributed by atoms with Gasteiger partial charge < -0.3 is 16.0 Å². The van der Waals surface area contributed by atoms with Crippen LogP contribution in [-0.4, -0.2) is 19.0 Å². The van der Waals surface area contributed by atoms with Crippen molar-refractivity contribution in [2.75, 3.05) is 17.7 Å². The van der Waals surface area contributed by atoms with Crippen molar-refractivity contribution in [3.63, 3.8) is 0 Å². The minimum Gasteiger partial charge on any atom is -0.355 e. The minimum absolute atomic E-state index is 0.203. The Hall–Kier alpha value is -2.89. The van der Waals surface area contributed by atoms with E-state index in [9.17, 15) is 14.0 Å². The Morgan fingerprint density at radius 3 is 2.24 bits per heavy atom. The Balaban J connectivity index is 1.98. The Bertz CT molecular complexity index is 656. The van der Waals surface area contributed by atoms with Crippen molar-refractivity contribution in [2.45, 2.75) is 0 Å². The van der Waals surface area contributed by atoms with E-state index < -0.39 is 11.8 Å². The maximum Gasteiger partial charge on any atom is 0.323 e. The molecule has 2 rings (SSSR count). The lowest BCUT2D eigenvalue weighted by Crippen LogP contribution is -2.20. The molecule has 2 aromatic rings. The van der Waals surface area contributed by atoms with E-state index in [1.54, 1.807) is 37.4 Å². The molecule has 0 aliphatic heterocycles. The van der Waals surface area contributed by atoms with Gasteiger partial charge in [0.05, 0.1) is 0 Å². The summed E-state index contributed by atoms with van der Waals surface area (Å²) < 4.78 is 13.0. The zero-order valence-corrected chi connectivity index (χ0v) is 11.3. The third kappa shape index (κ3) is 4.04. The van der Waals surface area contributed by atoms with Crippen molar-refractivity contribution in [3.8, 4) is 0 Å². The van der Waals surface area contributed by atoms with Gasteiger partial charge in [-0.2, -0.15) is 0 Å². The van der Waals surface area contributed by atoms with E-state index >= 15 is 0 Å². The highest BCUT2D eigenvalue weighted by Crippen LogP contribution is 2.12.